The molecule has 0 saturated carbocycles. The highest BCUT2D eigenvalue weighted by atomic mass is 19.1. The Balaban J connectivity index is 2.38. The van der Waals surface area contributed by atoms with Crippen LogP contribution in [0.1, 0.15) is 41.8 Å². The zero-order valence-corrected chi connectivity index (χ0v) is 12.3. The van der Waals surface area contributed by atoms with Gasteiger partial charge in [-0.25, -0.2) is 4.39 Å². The van der Waals surface area contributed by atoms with E-state index in [4.69, 9.17) is 0 Å². The third-order valence-electron chi connectivity index (χ3n) is 3.35. The van der Waals surface area contributed by atoms with Gasteiger partial charge in [0.2, 0.25) is 0 Å². The normalized spacial score (nSPS) is 12.4. The molecule has 0 saturated heterocycles. The summed E-state index contributed by atoms with van der Waals surface area (Å²) in [7, 11) is 0. The third kappa shape index (κ3) is 3.42. The molecule has 1 atom stereocenters. The van der Waals surface area contributed by atoms with Crippen LogP contribution >= 0.6 is 0 Å². The van der Waals surface area contributed by atoms with E-state index in [9.17, 15) is 4.39 Å². The van der Waals surface area contributed by atoms with Gasteiger partial charge in [0.25, 0.3) is 0 Å². The first-order valence-corrected chi connectivity index (χ1v) is 7.03. The lowest BCUT2D eigenvalue weighted by Gasteiger charge is -2.19. The summed E-state index contributed by atoms with van der Waals surface area (Å²) >= 11 is 0. The van der Waals surface area contributed by atoms with Crippen molar-refractivity contribution in [3.05, 3.63) is 64.7 Å². The molecule has 0 aliphatic rings. The summed E-state index contributed by atoms with van der Waals surface area (Å²) in [6, 6.07) is 9.32. The molecule has 0 radical (unpaired) electrons. The monoisotopic (exact) mass is 272 g/mol. The fraction of sp³-hybridized carbons (Fsp3) is 0.353. The Bertz CT molecular complexity index is 581. The summed E-state index contributed by atoms with van der Waals surface area (Å²) in [6.45, 7) is 6.87. The van der Waals surface area contributed by atoms with Gasteiger partial charge in [0.1, 0.15) is 5.82 Å². The molecule has 20 heavy (non-hydrogen) atoms. The topological polar surface area (TPSA) is 24.9 Å². The minimum Gasteiger partial charge on any atom is -0.305 e. The molecule has 2 rings (SSSR count). The number of hydrogen-bond donors (Lipinski definition) is 1. The lowest BCUT2D eigenvalue weighted by atomic mass is 10.00. The van der Waals surface area contributed by atoms with Crippen molar-refractivity contribution < 1.29 is 4.39 Å². The second-order valence-electron chi connectivity index (χ2n) is 5.15. The summed E-state index contributed by atoms with van der Waals surface area (Å²) in [5, 5.41) is 3.49. The first kappa shape index (κ1) is 14.7. The minimum atomic E-state index is -0.166. The molecule has 1 unspecified atom stereocenters. The fourth-order valence-electron chi connectivity index (χ4n) is 2.25. The molecule has 0 amide bonds. The van der Waals surface area contributed by atoms with Crippen LogP contribution < -0.4 is 5.32 Å². The Labute approximate surface area is 120 Å². The first-order chi connectivity index (χ1) is 9.61. The van der Waals surface area contributed by atoms with Gasteiger partial charge in [0.15, 0.2) is 0 Å². The molecule has 1 aromatic heterocycles. The molecule has 1 heterocycles. The summed E-state index contributed by atoms with van der Waals surface area (Å²) < 4.78 is 13.4. The zero-order chi connectivity index (χ0) is 14.5. The highest BCUT2D eigenvalue weighted by Gasteiger charge is 2.15. The van der Waals surface area contributed by atoms with E-state index in [0.717, 1.165) is 24.2 Å². The van der Waals surface area contributed by atoms with Crippen molar-refractivity contribution in [3.8, 4) is 0 Å². The molecular weight excluding hydrogens is 251 g/mol. The highest BCUT2D eigenvalue weighted by Crippen LogP contribution is 2.23. The Morgan fingerprint density at radius 2 is 2.00 bits per heavy atom. The van der Waals surface area contributed by atoms with Crippen LogP contribution in [0.3, 0.4) is 0 Å². The fourth-order valence-corrected chi connectivity index (χ4v) is 2.25. The molecule has 0 aliphatic carbocycles. The first-order valence-electron chi connectivity index (χ1n) is 7.03. The number of hydrogen-bond acceptors (Lipinski definition) is 2. The summed E-state index contributed by atoms with van der Waals surface area (Å²) in [5.41, 5.74) is 3.87. The molecule has 0 fully saturated rings. The van der Waals surface area contributed by atoms with Gasteiger partial charge in [-0.15, -0.1) is 0 Å². The van der Waals surface area contributed by atoms with Crippen molar-refractivity contribution in [3.63, 3.8) is 0 Å². The quantitative estimate of drug-likeness (QED) is 0.892. The minimum absolute atomic E-state index is 0.00847. The van der Waals surface area contributed by atoms with Crippen molar-refractivity contribution in [2.75, 3.05) is 6.54 Å². The summed E-state index contributed by atoms with van der Waals surface area (Å²) in [4.78, 5) is 4.47. The number of aryl methyl sites for hydroxylation is 2. The average molecular weight is 272 g/mol. The van der Waals surface area contributed by atoms with E-state index in [1.165, 1.54) is 11.6 Å². The van der Waals surface area contributed by atoms with Gasteiger partial charge in [-0.05, 0) is 61.7 Å². The maximum absolute atomic E-state index is 13.4. The van der Waals surface area contributed by atoms with E-state index in [2.05, 4.69) is 30.2 Å². The Morgan fingerprint density at radius 3 is 2.65 bits per heavy atom. The Hall–Kier alpha value is -1.74. The molecule has 2 aromatic rings. The number of halogens is 1. The molecule has 0 aliphatic heterocycles. The van der Waals surface area contributed by atoms with Gasteiger partial charge >= 0.3 is 0 Å². The average Bonchev–Trinajstić information content (AvgIpc) is 2.43. The van der Waals surface area contributed by atoms with Crippen LogP contribution in [0, 0.1) is 19.7 Å². The number of nitrogens with one attached hydrogen (secondary N) is 1. The van der Waals surface area contributed by atoms with E-state index in [1.807, 2.05) is 24.4 Å². The smallest absolute Gasteiger partial charge is 0.126 e. The number of benzene rings is 1. The van der Waals surface area contributed by atoms with Crippen molar-refractivity contribution in [1.29, 1.82) is 0 Å². The summed E-state index contributed by atoms with van der Waals surface area (Å²) in [6.07, 6.45) is 2.87. The van der Waals surface area contributed by atoms with Crippen LogP contribution in [-0.2, 0) is 0 Å². The number of pyridine rings is 1. The largest absolute Gasteiger partial charge is 0.305 e. The van der Waals surface area contributed by atoms with Crippen LogP contribution in [0.15, 0.2) is 36.5 Å². The van der Waals surface area contributed by atoms with Crippen LogP contribution in [0.4, 0.5) is 4.39 Å². The van der Waals surface area contributed by atoms with Gasteiger partial charge < -0.3 is 5.32 Å². The van der Waals surface area contributed by atoms with Gasteiger partial charge in [0, 0.05) is 6.20 Å². The predicted octanol–water partition coefficient (Wildman–Crippen LogP) is 3.93. The van der Waals surface area contributed by atoms with Crippen LogP contribution in [-0.4, -0.2) is 11.5 Å². The molecule has 1 aromatic carbocycles. The molecule has 0 bridgehead atoms. The van der Waals surface area contributed by atoms with Crippen LogP contribution in [0.5, 0.6) is 0 Å². The molecule has 2 nitrogen and oxygen atoms in total. The maximum Gasteiger partial charge on any atom is 0.126 e. The Kier molecular flexibility index (Phi) is 4.85. The molecule has 1 N–H and O–H groups in total. The number of aromatic nitrogens is 1. The van der Waals surface area contributed by atoms with Crippen molar-refractivity contribution in [2.45, 2.75) is 33.2 Å². The molecule has 0 spiro atoms. The SMILES string of the molecule is CCCNC(c1ccc(F)c(C)c1)c1cc(C)ccn1. The van der Waals surface area contributed by atoms with Crippen LogP contribution in [0.25, 0.3) is 0 Å². The van der Waals surface area contributed by atoms with E-state index in [-0.39, 0.29) is 11.9 Å². The van der Waals surface area contributed by atoms with E-state index < -0.39 is 0 Å². The second kappa shape index (κ2) is 6.62. The van der Waals surface area contributed by atoms with Gasteiger partial charge in [-0.1, -0.05) is 19.1 Å². The van der Waals surface area contributed by atoms with E-state index in [0.29, 0.717) is 5.56 Å². The summed E-state index contributed by atoms with van der Waals surface area (Å²) in [5.74, 6) is -0.166. The standard InChI is InChI=1S/C17H21FN2/c1-4-8-20-17(16-10-12(2)7-9-19-16)14-5-6-15(18)13(3)11-14/h5-7,9-11,17,20H,4,8H2,1-3H3. The third-order valence-corrected chi connectivity index (χ3v) is 3.35. The van der Waals surface area contributed by atoms with Gasteiger partial charge in [0.05, 0.1) is 11.7 Å². The number of rotatable bonds is 5. The molecule has 106 valence electrons. The predicted molar refractivity (Wildman–Crippen MR) is 80.2 cm³/mol. The molecule has 3 heteroatoms. The second-order valence-corrected chi connectivity index (χ2v) is 5.15. The van der Waals surface area contributed by atoms with Gasteiger partial charge in [-0.3, -0.25) is 4.98 Å². The Morgan fingerprint density at radius 1 is 1.20 bits per heavy atom. The van der Waals surface area contributed by atoms with Crippen LogP contribution in [0.2, 0.25) is 0 Å². The van der Waals surface area contributed by atoms with E-state index >= 15 is 0 Å². The number of nitrogens with zero attached hydrogens (tertiary/aromatic N) is 1. The highest BCUT2D eigenvalue weighted by molar-refractivity contribution is 5.33. The van der Waals surface area contributed by atoms with Crippen molar-refractivity contribution >= 4 is 0 Å². The van der Waals surface area contributed by atoms with Crippen molar-refractivity contribution in [2.24, 2.45) is 0 Å². The maximum atomic E-state index is 13.4. The lowest BCUT2D eigenvalue weighted by Crippen LogP contribution is -2.24. The van der Waals surface area contributed by atoms with Crippen molar-refractivity contribution in [1.82, 2.24) is 10.3 Å². The van der Waals surface area contributed by atoms with Gasteiger partial charge in [-0.2, -0.15) is 0 Å². The zero-order valence-electron chi connectivity index (χ0n) is 12.3. The lowest BCUT2D eigenvalue weighted by molar-refractivity contribution is 0.580. The van der Waals surface area contributed by atoms with E-state index in [1.54, 1.807) is 6.92 Å². The molecular formula is C17H21FN2.